The van der Waals surface area contributed by atoms with Gasteiger partial charge in [-0.15, -0.1) is 5.10 Å². The lowest BCUT2D eigenvalue weighted by atomic mass is 9.79. The number of nitrogens with one attached hydrogen (secondary N) is 2. The summed E-state index contributed by atoms with van der Waals surface area (Å²) in [5, 5.41) is 8.12. The molecule has 0 aromatic carbocycles. The number of fused-ring (bicyclic) bond motifs is 1. The molecule has 7 rings (SSSR count). The molecule has 1 saturated heterocycles. The van der Waals surface area contributed by atoms with E-state index >= 15 is 0 Å². The predicted molar refractivity (Wildman–Crippen MR) is 217 cm³/mol. The van der Waals surface area contributed by atoms with E-state index in [1.165, 1.54) is 31.7 Å². The fourth-order valence-electron chi connectivity index (χ4n) is 9.69. The van der Waals surface area contributed by atoms with Crippen LogP contribution in [0.25, 0.3) is 5.82 Å². The molecule has 3 saturated carbocycles. The maximum atomic E-state index is 13.3. The Morgan fingerprint density at radius 2 is 1.75 bits per heavy atom. The molecule has 4 heterocycles. The van der Waals surface area contributed by atoms with Crippen LogP contribution in [0.15, 0.2) is 47.6 Å². The SMILES string of the molecule is CC(C)(C)CC(CNc1cccc([S+]([O-])NC(=O)c2ccc(-n3ccc(OCCC4C5(CC5)C45CC5)n3)nc2Cl)n1)CC1CN(C(=O)OC(C)(C)C)C(C)(C)C1. The van der Waals surface area contributed by atoms with Crippen LogP contribution in [0.5, 0.6) is 5.88 Å². The molecule has 4 fully saturated rings. The number of pyridine rings is 2. The summed E-state index contributed by atoms with van der Waals surface area (Å²) in [4.78, 5) is 37.1. The van der Waals surface area contributed by atoms with Crippen molar-refractivity contribution in [1.82, 2.24) is 29.4 Å². The van der Waals surface area contributed by atoms with Gasteiger partial charge in [-0.05, 0) is 138 Å². The van der Waals surface area contributed by atoms with Gasteiger partial charge in [0.05, 0.1) is 12.2 Å². The van der Waals surface area contributed by atoms with E-state index in [-0.39, 0.29) is 32.8 Å². The van der Waals surface area contributed by atoms with Crippen molar-refractivity contribution in [3.63, 3.8) is 0 Å². The Morgan fingerprint density at radius 1 is 1.04 bits per heavy atom. The number of carbonyl (C=O) groups is 2. The van der Waals surface area contributed by atoms with Crippen LogP contribution >= 0.6 is 11.6 Å². The van der Waals surface area contributed by atoms with Crippen LogP contribution in [-0.4, -0.2) is 72.0 Å². The van der Waals surface area contributed by atoms with Gasteiger partial charge in [-0.25, -0.2) is 14.5 Å². The van der Waals surface area contributed by atoms with Gasteiger partial charge in [0, 0.05) is 37.0 Å². The Morgan fingerprint density at radius 3 is 2.39 bits per heavy atom. The standard InChI is InChI=1S/C42H58ClN7O5S/c1-38(2,3)23-27(22-28-24-40(7,8)49(26-28)37(52)55-39(4,5)6)25-44-31-10-9-11-34(45-31)56(53)48-36(51)29-12-13-32(46-35(29)43)50-20-14-33(47-50)54-21-15-30-41(16-17-41)42(30)18-19-42/h9-14,20,27-28,30H,15-19,21-26H2,1-8H3,(H,44,45)(H,48,51). The molecule has 2 spiro atoms. The second-order valence-corrected chi connectivity index (χ2v) is 20.9. The quantitative estimate of drug-likeness (QED) is 0.121. The molecule has 2 amide bonds. The second-order valence-electron chi connectivity index (χ2n) is 19.4. The summed E-state index contributed by atoms with van der Waals surface area (Å²) >= 11 is 4.52. The normalized spacial score (nSPS) is 21.5. The molecule has 3 aliphatic carbocycles. The summed E-state index contributed by atoms with van der Waals surface area (Å²) in [5.74, 6) is 2.31. The van der Waals surface area contributed by atoms with Gasteiger partial charge in [-0.2, -0.15) is 9.71 Å². The molecule has 4 aliphatic rings. The molecule has 2 N–H and O–H groups in total. The molecule has 0 radical (unpaired) electrons. The largest absolute Gasteiger partial charge is 0.587 e. The number of hydrogen-bond acceptors (Lipinski definition) is 9. The van der Waals surface area contributed by atoms with Crippen LogP contribution < -0.4 is 14.8 Å². The molecular formula is C42H58ClN7O5S. The second kappa shape index (κ2) is 15.0. The predicted octanol–water partition coefficient (Wildman–Crippen LogP) is 8.62. The molecule has 3 aromatic heterocycles. The van der Waals surface area contributed by atoms with Crippen molar-refractivity contribution >= 4 is 40.8 Å². The van der Waals surface area contributed by atoms with Crippen molar-refractivity contribution in [1.29, 1.82) is 0 Å². The average molecular weight is 808 g/mol. The highest BCUT2D eigenvalue weighted by molar-refractivity contribution is 7.90. The van der Waals surface area contributed by atoms with Gasteiger partial charge < -0.3 is 24.2 Å². The lowest BCUT2D eigenvalue weighted by Gasteiger charge is -2.33. The number of nitrogens with zero attached hydrogens (tertiary/aromatic N) is 5. The van der Waals surface area contributed by atoms with E-state index in [1.807, 2.05) is 31.7 Å². The monoisotopic (exact) mass is 807 g/mol. The molecule has 3 unspecified atom stereocenters. The van der Waals surface area contributed by atoms with Gasteiger partial charge in [-0.3, -0.25) is 4.79 Å². The smallest absolute Gasteiger partial charge is 0.410 e. The molecular weight excluding hydrogens is 750 g/mol. The topological polar surface area (TPSA) is 147 Å². The molecule has 3 atom stereocenters. The molecule has 304 valence electrons. The Bertz CT molecular complexity index is 1910. The van der Waals surface area contributed by atoms with Gasteiger partial charge in [0.2, 0.25) is 5.88 Å². The van der Waals surface area contributed by atoms with Crippen LogP contribution in [0.3, 0.4) is 0 Å². The van der Waals surface area contributed by atoms with Crippen LogP contribution in [0.4, 0.5) is 10.6 Å². The van der Waals surface area contributed by atoms with Crippen molar-refractivity contribution in [3.8, 4) is 11.7 Å². The molecule has 0 bridgehead atoms. The Kier molecular flexibility index (Phi) is 10.9. The minimum atomic E-state index is -1.95. The first-order chi connectivity index (χ1) is 26.3. The van der Waals surface area contributed by atoms with Crippen LogP contribution in [0.1, 0.15) is 117 Å². The van der Waals surface area contributed by atoms with E-state index in [0.29, 0.717) is 59.9 Å². The van der Waals surface area contributed by atoms with Gasteiger partial charge >= 0.3 is 6.09 Å². The van der Waals surface area contributed by atoms with Gasteiger partial charge in [0.1, 0.15) is 27.9 Å². The average Bonchev–Trinajstić information content (AvgIpc) is 4.05. The first kappa shape index (κ1) is 40.6. The highest BCUT2D eigenvalue weighted by Gasteiger charge is 2.85. The van der Waals surface area contributed by atoms with E-state index in [0.717, 1.165) is 31.6 Å². The number of aromatic nitrogens is 4. The van der Waals surface area contributed by atoms with Crippen LogP contribution in [0, 0.1) is 34.0 Å². The zero-order valence-electron chi connectivity index (χ0n) is 34.1. The van der Waals surface area contributed by atoms with Gasteiger partial charge in [-0.1, -0.05) is 38.4 Å². The lowest BCUT2D eigenvalue weighted by molar-refractivity contribution is 0.0130. The summed E-state index contributed by atoms with van der Waals surface area (Å²) in [6.07, 6.45) is 10.9. The first-order valence-electron chi connectivity index (χ1n) is 20.1. The van der Waals surface area contributed by atoms with Gasteiger partial charge in [0.15, 0.2) is 5.82 Å². The summed E-state index contributed by atoms with van der Waals surface area (Å²) in [6, 6.07) is 10.2. The van der Waals surface area contributed by atoms with Crippen molar-refractivity contribution in [2.45, 2.75) is 123 Å². The van der Waals surface area contributed by atoms with Crippen LogP contribution in [-0.2, 0) is 16.1 Å². The Balaban J connectivity index is 0.914. The van der Waals surface area contributed by atoms with Crippen molar-refractivity contribution in [2.75, 3.05) is 25.0 Å². The molecule has 3 aromatic rings. The fraction of sp³-hybridized carbons (Fsp3) is 0.643. The van der Waals surface area contributed by atoms with E-state index < -0.39 is 22.9 Å². The number of halogens is 1. The summed E-state index contributed by atoms with van der Waals surface area (Å²) < 4.78 is 29.1. The maximum Gasteiger partial charge on any atom is 0.410 e. The number of carbonyl (C=O) groups excluding carboxylic acids is 2. The zero-order chi connectivity index (χ0) is 40.3. The van der Waals surface area contributed by atoms with E-state index in [2.05, 4.69) is 59.7 Å². The third-order valence-corrected chi connectivity index (χ3v) is 13.4. The number of amides is 2. The minimum absolute atomic E-state index is 0.0405. The van der Waals surface area contributed by atoms with Crippen LogP contribution in [0.2, 0.25) is 5.15 Å². The van der Waals surface area contributed by atoms with E-state index in [4.69, 9.17) is 21.1 Å². The molecule has 56 heavy (non-hydrogen) atoms. The van der Waals surface area contributed by atoms with Crippen molar-refractivity contribution in [3.05, 3.63) is 53.3 Å². The summed E-state index contributed by atoms with van der Waals surface area (Å²) in [6.45, 7) is 18.5. The number of hydrogen-bond donors (Lipinski definition) is 2. The summed E-state index contributed by atoms with van der Waals surface area (Å²) in [7, 11) is 0. The van der Waals surface area contributed by atoms with E-state index in [9.17, 15) is 14.1 Å². The van der Waals surface area contributed by atoms with Crippen molar-refractivity contribution < 1.29 is 23.6 Å². The number of likely N-dealkylation sites (tertiary alicyclic amines) is 1. The molecule has 1 aliphatic heterocycles. The highest BCUT2D eigenvalue weighted by atomic mass is 35.5. The van der Waals surface area contributed by atoms with Crippen molar-refractivity contribution in [2.24, 2.45) is 34.0 Å². The first-order valence-corrected chi connectivity index (χ1v) is 21.6. The highest BCUT2D eigenvalue weighted by Crippen LogP contribution is 2.93. The fourth-order valence-corrected chi connectivity index (χ4v) is 10.7. The third-order valence-electron chi connectivity index (χ3n) is 12.2. The number of anilines is 1. The number of ether oxygens (including phenoxy) is 2. The Labute approximate surface area is 339 Å². The lowest BCUT2D eigenvalue weighted by Crippen LogP contribution is -2.45. The minimum Gasteiger partial charge on any atom is -0.587 e. The van der Waals surface area contributed by atoms with Gasteiger partial charge in [0.25, 0.3) is 10.9 Å². The molecule has 14 heteroatoms. The van der Waals surface area contributed by atoms with E-state index in [1.54, 1.807) is 35.1 Å². The maximum absolute atomic E-state index is 13.3. The number of rotatable bonds is 14. The molecule has 12 nitrogen and oxygen atoms in total. The Hall–Kier alpha value is -3.55. The summed E-state index contributed by atoms with van der Waals surface area (Å²) in [5.41, 5.74) is 0.644. The zero-order valence-corrected chi connectivity index (χ0v) is 35.7. The third kappa shape index (κ3) is 8.94.